The molecule has 158 valence electrons. The van der Waals surface area contributed by atoms with Crippen molar-refractivity contribution >= 4 is 11.8 Å². The minimum atomic E-state index is 0.108. The number of carbonyl (C=O) groups is 2. The van der Waals surface area contributed by atoms with Crippen molar-refractivity contribution in [2.24, 2.45) is 0 Å². The topological polar surface area (TPSA) is 43.9 Å². The van der Waals surface area contributed by atoms with Crippen LogP contribution >= 0.6 is 0 Å². The molecule has 2 amide bonds. The van der Waals surface area contributed by atoms with Gasteiger partial charge in [-0.2, -0.15) is 0 Å². The molecular weight excluding hydrogens is 374 g/mol. The summed E-state index contributed by atoms with van der Waals surface area (Å²) in [6.45, 7) is 5.83. The third-order valence-electron chi connectivity index (χ3n) is 6.24. The highest BCUT2D eigenvalue weighted by atomic mass is 16.2. The van der Waals surface area contributed by atoms with Crippen LogP contribution in [0.5, 0.6) is 0 Å². The second kappa shape index (κ2) is 9.90. The predicted molar refractivity (Wildman–Crippen MR) is 119 cm³/mol. The van der Waals surface area contributed by atoms with Gasteiger partial charge in [0.05, 0.1) is 6.42 Å². The van der Waals surface area contributed by atoms with Gasteiger partial charge in [0.2, 0.25) is 11.8 Å². The molecule has 30 heavy (non-hydrogen) atoms. The molecule has 0 radical (unpaired) electrons. The van der Waals surface area contributed by atoms with Crippen molar-refractivity contribution in [2.45, 2.75) is 25.7 Å². The molecule has 2 heterocycles. The largest absolute Gasteiger partial charge is 0.340 e. The number of nitrogens with zero attached hydrogens (tertiary/aromatic N) is 3. The molecule has 2 saturated heterocycles. The van der Waals surface area contributed by atoms with Crippen molar-refractivity contribution in [1.29, 1.82) is 0 Å². The molecule has 0 saturated carbocycles. The standard InChI is InChI=1S/C25H31N3O2/c29-24-12-15-27(18-19-28(24)17-16-26-13-4-5-14-26)25(30)20-21-8-10-23(11-9-21)22-6-2-1-3-7-22/h1-3,6-11H,4-5,12-20H2. The van der Waals surface area contributed by atoms with Crippen LogP contribution < -0.4 is 0 Å². The van der Waals surface area contributed by atoms with E-state index < -0.39 is 0 Å². The van der Waals surface area contributed by atoms with E-state index in [1.807, 2.05) is 40.1 Å². The Morgan fingerprint density at radius 2 is 1.47 bits per heavy atom. The van der Waals surface area contributed by atoms with Gasteiger partial charge in [-0.05, 0) is 42.6 Å². The highest BCUT2D eigenvalue weighted by Crippen LogP contribution is 2.20. The Hall–Kier alpha value is -2.66. The molecule has 4 rings (SSSR count). The molecule has 0 spiro atoms. The van der Waals surface area contributed by atoms with Gasteiger partial charge in [0.25, 0.3) is 0 Å². The first kappa shape index (κ1) is 20.6. The summed E-state index contributed by atoms with van der Waals surface area (Å²) < 4.78 is 0. The van der Waals surface area contributed by atoms with Crippen molar-refractivity contribution in [1.82, 2.24) is 14.7 Å². The Bertz CT molecular complexity index is 844. The minimum Gasteiger partial charge on any atom is -0.340 e. The van der Waals surface area contributed by atoms with E-state index in [-0.39, 0.29) is 11.8 Å². The number of benzene rings is 2. The summed E-state index contributed by atoms with van der Waals surface area (Å²) in [6, 6.07) is 18.5. The van der Waals surface area contributed by atoms with Gasteiger partial charge >= 0.3 is 0 Å². The number of amides is 2. The van der Waals surface area contributed by atoms with Gasteiger partial charge in [0.15, 0.2) is 0 Å². The van der Waals surface area contributed by atoms with Crippen LogP contribution in [0.4, 0.5) is 0 Å². The van der Waals surface area contributed by atoms with E-state index in [0.29, 0.717) is 32.5 Å². The van der Waals surface area contributed by atoms with Crippen LogP contribution in [0.1, 0.15) is 24.8 Å². The molecule has 0 aromatic heterocycles. The fraction of sp³-hybridized carbons (Fsp3) is 0.440. The zero-order valence-corrected chi connectivity index (χ0v) is 17.6. The first-order chi connectivity index (χ1) is 14.7. The van der Waals surface area contributed by atoms with Gasteiger partial charge < -0.3 is 14.7 Å². The van der Waals surface area contributed by atoms with Crippen LogP contribution in [0, 0.1) is 0 Å². The van der Waals surface area contributed by atoms with Gasteiger partial charge in [0, 0.05) is 39.1 Å². The number of likely N-dealkylation sites (tertiary alicyclic amines) is 1. The van der Waals surface area contributed by atoms with E-state index in [9.17, 15) is 9.59 Å². The van der Waals surface area contributed by atoms with Gasteiger partial charge in [-0.15, -0.1) is 0 Å². The van der Waals surface area contributed by atoms with Crippen molar-refractivity contribution in [2.75, 3.05) is 45.8 Å². The first-order valence-electron chi connectivity index (χ1n) is 11.1. The van der Waals surface area contributed by atoms with Crippen LogP contribution in [0.2, 0.25) is 0 Å². The van der Waals surface area contributed by atoms with E-state index >= 15 is 0 Å². The van der Waals surface area contributed by atoms with E-state index in [4.69, 9.17) is 0 Å². The average molecular weight is 406 g/mol. The van der Waals surface area contributed by atoms with Crippen LogP contribution in [0.3, 0.4) is 0 Å². The number of hydrogen-bond donors (Lipinski definition) is 0. The van der Waals surface area contributed by atoms with Crippen molar-refractivity contribution in [3.63, 3.8) is 0 Å². The Morgan fingerprint density at radius 3 is 2.20 bits per heavy atom. The Kier molecular flexibility index (Phi) is 6.80. The smallest absolute Gasteiger partial charge is 0.227 e. The van der Waals surface area contributed by atoms with Crippen LogP contribution in [0.15, 0.2) is 54.6 Å². The van der Waals surface area contributed by atoms with Crippen molar-refractivity contribution in [3.05, 3.63) is 60.2 Å². The molecule has 2 aromatic rings. The summed E-state index contributed by atoms with van der Waals surface area (Å²) in [4.78, 5) is 31.6. The van der Waals surface area contributed by atoms with Gasteiger partial charge in [0.1, 0.15) is 0 Å². The molecule has 2 aromatic carbocycles. The maximum absolute atomic E-state index is 12.8. The molecule has 0 bridgehead atoms. The normalized spacial score (nSPS) is 17.9. The van der Waals surface area contributed by atoms with E-state index in [0.717, 1.165) is 37.3 Å². The van der Waals surface area contributed by atoms with Crippen molar-refractivity contribution in [3.8, 4) is 11.1 Å². The van der Waals surface area contributed by atoms with E-state index in [1.54, 1.807) is 0 Å². The predicted octanol–water partition coefficient (Wildman–Crippen LogP) is 3.05. The summed E-state index contributed by atoms with van der Waals surface area (Å²) in [5.41, 5.74) is 3.34. The molecular formula is C25H31N3O2. The lowest BCUT2D eigenvalue weighted by atomic mass is 10.0. The fourth-order valence-electron chi connectivity index (χ4n) is 4.35. The summed E-state index contributed by atoms with van der Waals surface area (Å²) in [5.74, 6) is 0.286. The molecule has 2 fully saturated rings. The van der Waals surface area contributed by atoms with Crippen molar-refractivity contribution < 1.29 is 9.59 Å². The molecule has 0 unspecified atom stereocenters. The lowest BCUT2D eigenvalue weighted by Gasteiger charge is -2.24. The van der Waals surface area contributed by atoms with Gasteiger partial charge in [-0.25, -0.2) is 0 Å². The first-order valence-corrected chi connectivity index (χ1v) is 11.1. The molecule has 2 aliphatic rings. The average Bonchev–Trinajstić information content (AvgIpc) is 3.23. The Balaban J connectivity index is 1.29. The summed E-state index contributed by atoms with van der Waals surface area (Å²) >= 11 is 0. The maximum atomic E-state index is 12.8. The van der Waals surface area contributed by atoms with Crippen LogP contribution in [0.25, 0.3) is 11.1 Å². The Morgan fingerprint density at radius 1 is 0.767 bits per heavy atom. The molecule has 0 atom stereocenters. The fourth-order valence-corrected chi connectivity index (χ4v) is 4.35. The summed E-state index contributed by atoms with van der Waals surface area (Å²) in [5, 5.41) is 0. The van der Waals surface area contributed by atoms with Gasteiger partial charge in [-0.1, -0.05) is 54.6 Å². The SMILES string of the molecule is O=C1CCN(C(=O)Cc2ccc(-c3ccccc3)cc2)CCN1CCN1CCCC1. The number of rotatable bonds is 6. The molecule has 0 N–H and O–H groups in total. The van der Waals surface area contributed by atoms with Gasteiger partial charge in [-0.3, -0.25) is 9.59 Å². The minimum absolute atomic E-state index is 0.108. The summed E-state index contributed by atoms with van der Waals surface area (Å²) in [7, 11) is 0. The zero-order chi connectivity index (χ0) is 20.8. The zero-order valence-electron chi connectivity index (χ0n) is 17.6. The van der Waals surface area contributed by atoms with E-state index in [1.165, 1.54) is 18.4 Å². The summed E-state index contributed by atoms with van der Waals surface area (Å²) in [6.07, 6.45) is 3.35. The molecule has 5 heteroatoms. The monoisotopic (exact) mass is 405 g/mol. The third kappa shape index (κ3) is 5.28. The quantitative estimate of drug-likeness (QED) is 0.742. The lowest BCUT2D eigenvalue weighted by molar-refractivity contribution is -0.130. The van der Waals surface area contributed by atoms with Crippen LogP contribution in [-0.2, 0) is 16.0 Å². The molecule has 2 aliphatic heterocycles. The number of carbonyl (C=O) groups excluding carboxylic acids is 2. The second-order valence-corrected chi connectivity index (χ2v) is 8.30. The van der Waals surface area contributed by atoms with E-state index in [2.05, 4.69) is 29.2 Å². The number of hydrogen-bond acceptors (Lipinski definition) is 3. The highest BCUT2D eigenvalue weighted by Gasteiger charge is 2.24. The lowest BCUT2D eigenvalue weighted by Crippen LogP contribution is -2.40. The molecule has 0 aliphatic carbocycles. The highest BCUT2D eigenvalue weighted by molar-refractivity contribution is 5.81. The molecule has 5 nitrogen and oxygen atoms in total. The second-order valence-electron chi connectivity index (χ2n) is 8.30. The van der Waals surface area contributed by atoms with Crippen LogP contribution in [-0.4, -0.2) is 72.3 Å². The maximum Gasteiger partial charge on any atom is 0.227 e. The third-order valence-corrected chi connectivity index (χ3v) is 6.24. The Labute approximate surface area is 179 Å².